The van der Waals surface area contributed by atoms with E-state index in [1.165, 1.54) is 23.5 Å². The fourth-order valence-corrected chi connectivity index (χ4v) is 3.85. The molecule has 0 aliphatic carbocycles. The molecule has 0 fully saturated rings. The maximum Gasteiger partial charge on any atom is 0.111 e. The molecule has 0 saturated carbocycles. The van der Waals surface area contributed by atoms with Crippen LogP contribution in [0.5, 0.6) is 0 Å². The molecule has 0 aliphatic rings. The average Bonchev–Trinajstić information content (AvgIpc) is 2.34. The molecule has 104 valence electrons. The van der Waals surface area contributed by atoms with Gasteiger partial charge in [-0.25, -0.2) is 0 Å². The van der Waals surface area contributed by atoms with Crippen LogP contribution in [0.1, 0.15) is 13.8 Å². The van der Waals surface area contributed by atoms with Gasteiger partial charge in [-0.05, 0) is 11.5 Å². The predicted octanol–water partition coefficient (Wildman–Crippen LogP) is -0.745. The first-order valence-corrected chi connectivity index (χ1v) is 7.65. The largest absolute Gasteiger partial charge is 0.394 e. The first-order chi connectivity index (χ1) is 7.99. The summed E-state index contributed by atoms with van der Waals surface area (Å²) in [4.78, 5) is 0. The Labute approximate surface area is 110 Å². The second-order valence-corrected chi connectivity index (χ2v) is 6.64. The van der Waals surface area contributed by atoms with E-state index < -0.39 is 31.0 Å². The molecule has 17 heavy (non-hydrogen) atoms. The van der Waals surface area contributed by atoms with E-state index in [-0.39, 0.29) is 4.58 Å². The van der Waals surface area contributed by atoms with Crippen LogP contribution >= 0.6 is 23.5 Å². The van der Waals surface area contributed by atoms with Gasteiger partial charge >= 0.3 is 0 Å². The van der Waals surface area contributed by atoms with Crippen molar-refractivity contribution in [3.8, 4) is 0 Å². The molecule has 0 aromatic rings. The lowest BCUT2D eigenvalue weighted by atomic mass is 10.0. The van der Waals surface area contributed by atoms with E-state index in [0.29, 0.717) is 0 Å². The van der Waals surface area contributed by atoms with Crippen LogP contribution in [0, 0.1) is 0 Å². The second kappa shape index (κ2) is 9.43. The fourth-order valence-electron chi connectivity index (χ4n) is 1.27. The van der Waals surface area contributed by atoms with Gasteiger partial charge in [-0.1, -0.05) is 13.8 Å². The van der Waals surface area contributed by atoms with E-state index in [4.69, 9.17) is 5.11 Å². The Kier molecular flexibility index (Phi) is 9.71. The smallest absolute Gasteiger partial charge is 0.111 e. The Bertz CT molecular complexity index is 190. The van der Waals surface area contributed by atoms with Gasteiger partial charge < -0.3 is 25.5 Å². The van der Waals surface area contributed by atoms with Crippen molar-refractivity contribution in [2.45, 2.75) is 42.8 Å². The number of hydrogen-bond acceptors (Lipinski definition) is 7. The van der Waals surface area contributed by atoms with E-state index in [1.54, 1.807) is 0 Å². The highest BCUT2D eigenvalue weighted by Gasteiger charge is 2.34. The molecule has 0 bridgehead atoms. The number of hydrogen-bond donors (Lipinski definition) is 5. The molecule has 0 unspecified atom stereocenters. The molecule has 5 N–H and O–H groups in total. The minimum Gasteiger partial charge on any atom is -0.394 e. The molecule has 0 heterocycles. The zero-order valence-corrected chi connectivity index (χ0v) is 11.7. The van der Waals surface area contributed by atoms with Crippen molar-refractivity contribution < 1.29 is 25.5 Å². The number of thioether (sulfide) groups is 2. The summed E-state index contributed by atoms with van der Waals surface area (Å²) in [6.07, 6.45) is -5.62. The van der Waals surface area contributed by atoms with E-state index in [0.717, 1.165) is 11.5 Å². The minimum absolute atomic E-state index is 0.263. The Morgan fingerprint density at radius 2 is 1.29 bits per heavy atom. The third-order valence-electron chi connectivity index (χ3n) is 2.22. The van der Waals surface area contributed by atoms with Gasteiger partial charge in [0.25, 0.3) is 0 Å². The third kappa shape index (κ3) is 5.78. The molecule has 4 atom stereocenters. The van der Waals surface area contributed by atoms with Gasteiger partial charge in [0.15, 0.2) is 0 Å². The van der Waals surface area contributed by atoms with Crippen molar-refractivity contribution in [2.24, 2.45) is 0 Å². The second-order valence-electron chi connectivity index (χ2n) is 3.50. The summed E-state index contributed by atoms with van der Waals surface area (Å²) in [6.45, 7) is 3.22. The van der Waals surface area contributed by atoms with E-state index in [9.17, 15) is 20.4 Å². The zero-order chi connectivity index (χ0) is 13.4. The van der Waals surface area contributed by atoms with Crippen molar-refractivity contribution in [3.05, 3.63) is 0 Å². The van der Waals surface area contributed by atoms with Gasteiger partial charge in [0, 0.05) is 0 Å². The van der Waals surface area contributed by atoms with E-state index in [1.807, 2.05) is 13.8 Å². The summed E-state index contributed by atoms with van der Waals surface area (Å²) in [5.74, 6) is 1.56. The van der Waals surface area contributed by atoms with Crippen LogP contribution in [0.3, 0.4) is 0 Å². The Morgan fingerprint density at radius 3 is 1.65 bits per heavy atom. The fraction of sp³-hybridized carbons (Fsp3) is 1.00. The summed E-state index contributed by atoms with van der Waals surface area (Å²) in [5, 5.41) is 47.0. The molecule has 0 saturated heterocycles. The first kappa shape index (κ1) is 17.5. The van der Waals surface area contributed by atoms with Gasteiger partial charge in [0.05, 0.1) is 11.2 Å². The highest BCUT2D eigenvalue weighted by atomic mass is 32.2. The lowest BCUT2D eigenvalue weighted by molar-refractivity contribution is -0.111. The lowest BCUT2D eigenvalue weighted by Crippen LogP contribution is -2.48. The molecular formula is C10H22O5S2. The normalized spacial score (nSPS) is 19.1. The van der Waals surface area contributed by atoms with Crippen LogP contribution in [0.2, 0.25) is 0 Å². The minimum atomic E-state index is -1.55. The quantitative estimate of drug-likeness (QED) is 0.356. The molecule has 0 aromatic heterocycles. The molecule has 0 radical (unpaired) electrons. The van der Waals surface area contributed by atoms with Crippen LogP contribution in [0.15, 0.2) is 0 Å². The van der Waals surface area contributed by atoms with Crippen molar-refractivity contribution in [3.63, 3.8) is 0 Å². The van der Waals surface area contributed by atoms with Crippen LogP contribution in [-0.4, -0.2) is 72.6 Å². The maximum atomic E-state index is 9.91. The molecule has 0 spiro atoms. The Morgan fingerprint density at radius 1 is 0.824 bits per heavy atom. The molecular weight excluding hydrogens is 264 g/mol. The molecule has 7 heteroatoms. The van der Waals surface area contributed by atoms with Crippen LogP contribution < -0.4 is 0 Å². The summed E-state index contributed by atoms with van der Waals surface area (Å²) < 4.78 is -0.263. The summed E-state index contributed by atoms with van der Waals surface area (Å²) in [6, 6.07) is 0. The summed E-state index contributed by atoms with van der Waals surface area (Å²) >= 11 is 2.94. The third-order valence-corrected chi connectivity index (χ3v) is 4.92. The molecule has 0 aliphatic heterocycles. The predicted molar refractivity (Wildman–Crippen MR) is 71.2 cm³/mol. The van der Waals surface area contributed by atoms with Crippen molar-refractivity contribution in [2.75, 3.05) is 18.1 Å². The standard InChI is InChI=1S/C10H22O5S2/c1-3-16-10(17-4-2)9(15)8(14)7(13)6(12)5-11/h6-15H,3-5H2,1-2H3/t6-,7-,8+,9+/m0/s1. The van der Waals surface area contributed by atoms with Crippen LogP contribution in [0.25, 0.3) is 0 Å². The Hall–Kier alpha value is 0.500. The molecule has 0 amide bonds. The van der Waals surface area contributed by atoms with Crippen molar-refractivity contribution in [1.29, 1.82) is 0 Å². The highest BCUT2D eigenvalue weighted by molar-refractivity contribution is 8.17. The van der Waals surface area contributed by atoms with Gasteiger partial charge in [-0.3, -0.25) is 0 Å². The van der Waals surface area contributed by atoms with Gasteiger partial charge in [0.1, 0.15) is 24.4 Å². The zero-order valence-electron chi connectivity index (χ0n) is 10.1. The van der Waals surface area contributed by atoms with Crippen LogP contribution in [-0.2, 0) is 0 Å². The van der Waals surface area contributed by atoms with Gasteiger partial charge in [0.2, 0.25) is 0 Å². The first-order valence-electron chi connectivity index (χ1n) is 5.55. The van der Waals surface area contributed by atoms with E-state index in [2.05, 4.69) is 0 Å². The highest BCUT2D eigenvalue weighted by Crippen LogP contribution is 2.29. The average molecular weight is 286 g/mol. The van der Waals surface area contributed by atoms with Crippen molar-refractivity contribution in [1.82, 2.24) is 0 Å². The number of aliphatic hydroxyl groups excluding tert-OH is 5. The van der Waals surface area contributed by atoms with Gasteiger partial charge in [-0.2, -0.15) is 0 Å². The number of rotatable bonds is 9. The summed E-state index contributed by atoms with van der Waals surface area (Å²) in [5.41, 5.74) is 0. The van der Waals surface area contributed by atoms with E-state index >= 15 is 0 Å². The SMILES string of the molecule is CCSC(SCC)[C@H](O)[C@H](O)[C@@H](O)[C@@H](O)CO. The lowest BCUT2D eigenvalue weighted by Gasteiger charge is -2.30. The Balaban J connectivity index is 4.46. The topological polar surface area (TPSA) is 101 Å². The molecule has 5 nitrogen and oxygen atoms in total. The monoisotopic (exact) mass is 286 g/mol. The van der Waals surface area contributed by atoms with Crippen LogP contribution in [0.4, 0.5) is 0 Å². The summed E-state index contributed by atoms with van der Waals surface area (Å²) in [7, 11) is 0. The molecule has 0 aromatic carbocycles. The van der Waals surface area contributed by atoms with Crippen molar-refractivity contribution >= 4 is 23.5 Å². The maximum absolute atomic E-state index is 9.91. The number of aliphatic hydroxyl groups is 5. The van der Waals surface area contributed by atoms with Gasteiger partial charge in [-0.15, -0.1) is 23.5 Å². The molecule has 0 rings (SSSR count).